The van der Waals surface area contributed by atoms with Crippen molar-refractivity contribution in [2.75, 3.05) is 11.9 Å². The Kier molecular flexibility index (Phi) is 5.14. The first-order valence-corrected chi connectivity index (χ1v) is 7.50. The summed E-state index contributed by atoms with van der Waals surface area (Å²) >= 11 is 0. The third-order valence-electron chi connectivity index (χ3n) is 3.23. The third kappa shape index (κ3) is 3.94. The lowest BCUT2D eigenvalue weighted by atomic mass is 10.1. The van der Waals surface area contributed by atoms with Gasteiger partial charge in [0.2, 0.25) is 5.88 Å². The number of aryl methyl sites for hydroxylation is 2. The summed E-state index contributed by atoms with van der Waals surface area (Å²) in [6, 6.07) is 8.20. The van der Waals surface area contributed by atoms with Crippen molar-refractivity contribution in [1.29, 1.82) is 0 Å². The molecule has 4 heteroatoms. The SMILES string of the molecule is CCCc1ccc(Oc2nc(C)nc(NCC)c2C)cc1. The van der Waals surface area contributed by atoms with E-state index in [9.17, 15) is 0 Å². The van der Waals surface area contributed by atoms with Crippen LogP contribution in [-0.4, -0.2) is 16.5 Å². The Morgan fingerprint density at radius 1 is 1.05 bits per heavy atom. The van der Waals surface area contributed by atoms with Gasteiger partial charge in [-0.25, -0.2) is 4.98 Å². The number of hydrogen-bond acceptors (Lipinski definition) is 4. The van der Waals surface area contributed by atoms with E-state index in [0.717, 1.165) is 36.5 Å². The number of aromatic nitrogens is 2. The summed E-state index contributed by atoms with van der Waals surface area (Å²) in [6.07, 6.45) is 2.24. The van der Waals surface area contributed by atoms with E-state index in [4.69, 9.17) is 4.74 Å². The molecule has 1 N–H and O–H groups in total. The minimum absolute atomic E-state index is 0.613. The molecule has 0 fully saturated rings. The van der Waals surface area contributed by atoms with Gasteiger partial charge in [-0.3, -0.25) is 0 Å². The predicted octanol–water partition coefficient (Wildman–Crippen LogP) is 4.27. The van der Waals surface area contributed by atoms with E-state index in [1.807, 2.05) is 32.9 Å². The highest BCUT2D eigenvalue weighted by molar-refractivity contribution is 5.49. The van der Waals surface area contributed by atoms with Gasteiger partial charge in [0.15, 0.2) is 0 Å². The molecule has 0 bridgehead atoms. The fourth-order valence-corrected chi connectivity index (χ4v) is 2.17. The molecule has 0 saturated carbocycles. The molecule has 1 heterocycles. The summed E-state index contributed by atoms with van der Waals surface area (Å²) < 4.78 is 5.92. The molecule has 0 radical (unpaired) electrons. The second-order valence-electron chi connectivity index (χ2n) is 5.08. The zero-order valence-electron chi connectivity index (χ0n) is 13.2. The molecule has 0 aliphatic heterocycles. The van der Waals surface area contributed by atoms with Crippen LogP contribution in [0.5, 0.6) is 11.6 Å². The van der Waals surface area contributed by atoms with Gasteiger partial charge in [-0.1, -0.05) is 25.5 Å². The molecule has 0 spiro atoms. The zero-order valence-corrected chi connectivity index (χ0v) is 13.2. The van der Waals surface area contributed by atoms with E-state index in [1.54, 1.807) is 0 Å². The maximum absolute atomic E-state index is 5.92. The van der Waals surface area contributed by atoms with Gasteiger partial charge >= 0.3 is 0 Å². The number of hydrogen-bond donors (Lipinski definition) is 1. The van der Waals surface area contributed by atoms with E-state index in [1.165, 1.54) is 5.56 Å². The first-order chi connectivity index (χ1) is 10.1. The Labute approximate surface area is 126 Å². The van der Waals surface area contributed by atoms with Crippen molar-refractivity contribution in [2.24, 2.45) is 0 Å². The van der Waals surface area contributed by atoms with Gasteiger partial charge in [0.1, 0.15) is 17.4 Å². The minimum atomic E-state index is 0.613. The Bertz CT molecular complexity index is 594. The van der Waals surface area contributed by atoms with Gasteiger partial charge < -0.3 is 10.1 Å². The summed E-state index contributed by atoms with van der Waals surface area (Å²) in [5.41, 5.74) is 2.26. The highest BCUT2D eigenvalue weighted by Crippen LogP contribution is 2.27. The molecule has 112 valence electrons. The number of benzene rings is 1. The molecule has 21 heavy (non-hydrogen) atoms. The summed E-state index contributed by atoms with van der Waals surface area (Å²) in [5.74, 6) is 2.96. The van der Waals surface area contributed by atoms with Crippen molar-refractivity contribution in [3.05, 3.63) is 41.2 Å². The molecule has 1 aromatic heterocycles. The van der Waals surface area contributed by atoms with Gasteiger partial charge in [0.25, 0.3) is 0 Å². The number of rotatable bonds is 6. The van der Waals surface area contributed by atoms with Gasteiger partial charge in [-0.15, -0.1) is 0 Å². The molecule has 2 aromatic rings. The fraction of sp³-hybridized carbons (Fsp3) is 0.412. The second-order valence-corrected chi connectivity index (χ2v) is 5.08. The average molecular weight is 285 g/mol. The quantitative estimate of drug-likeness (QED) is 0.861. The first-order valence-electron chi connectivity index (χ1n) is 7.50. The Morgan fingerprint density at radius 3 is 2.38 bits per heavy atom. The smallest absolute Gasteiger partial charge is 0.227 e. The molecule has 0 atom stereocenters. The molecule has 2 rings (SSSR count). The lowest BCUT2D eigenvalue weighted by molar-refractivity contribution is 0.456. The molecule has 1 aromatic carbocycles. The van der Waals surface area contributed by atoms with Crippen LogP contribution in [0, 0.1) is 13.8 Å². The molecular weight excluding hydrogens is 262 g/mol. The predicted molar refractivity (Wildman–Crippen MR) is 86.2 cm³/mol. The molecule has 0 amide bonds. The number of anilines is 1. The average Bonchev–Trinajstić information content (AvgIpc) is 2.46. The van der Waals surface area contributed by atoms with Crippen LogP contribution in [0.2, 0.25) is 0 Å². The maximum atomic E-state index is 5.92. The number of nitrogens with zero attached hydrogens (tertiary/aromatic N) is 2. The molecule has 0 aliphatic rings. The van der Waals surface area contributed by atoms with Crippen LogP contribution in [0.25, 0.3) is 0 Å². The van der Waals surface area contributed by atoms with Crippen molar-refractivity contribution in [3.8, 4) is 11.6 Å². The van der Waals surface area contributed by atoms with Crippen molar-refractivity contribution in [3.63, 3.8) is 0 Å². The lowest BCUT2D eigenvalue weighted by Gasteiger charge is -2.12. The summed E-state index contributed by atoms with van der Waals surface area (Å²) in [4.78, 5) is 8.80. The maximum Gasteiger partial charge on any atom is 0.227 e. The topological polar surface area (TPSA) is 47.0 Å². The van der Waals surface area contributed by atoms with Crippen molar-refractivity contribution in [1.82, 2.24) is 9.97 Å². The second kappa shape index (κ2) is 7.07. The van der Waals surface area contributed by atoms with Crippen LogP contribution in [0.3, 0.4) is 0 Å². The molecule has 4 nitrogen and oxygen atoms in total. The van der Waals surface area contributed by atoms with Gasteiger partial charge in [0.05, 0.1) is 5.56 Å². The minimum Gasteiger partial charge on any atom is -0.439 e. The van der Waals surface area contributed by atoms with E-state index in [2.05, 4.69) is 34.3 Å². The summed E-state index contributed by atoms with van der Waals surface area (Å²) in [5, 5.41) is 3.24. The summed E-state index contributed by atoms with van der Waals surface area (Å²) in [7, 11) is 0. The van der Waals surface area contributed by atoms with Crippen molar-refractivity contribution < 1.29 is 4.74 Å². The van der Waals surface area contributed by atoms with Gasteiger partial charge in [-0.2, -0.15) is 4.98 Å². The van der Waals surface area contributed by atoms with Crippen LogP contribution in [0.4, 0.5) is 5.82 Å². The normalized spacial score (nSPS) is 10.5. The zero-order chi connectivity index (χ0) is 15.2. The monoisotopic (exact) mass is 285 g/mol. The van der Waals surface area contributed by atoms with E-state index >= 15 is 0 Å². The molecule has 0 saturated heterocycles. The van der Waals surface area contributed by atoms with Crippen LogP contribution >= 0.6 is 0 Å². The molecular formula is C17H23N3O. The Balaban J connectivity index is 2.22. The molecule has 0 unspecified atom stereocenters. The van der Waals surface area contributed by atoms with Gasteiger partial charge in [0, 0.05) is 6.54 Å². The van der Waals surface area contributed by atoms with Crippen molar-refractivity contribution >= 4 is 5.82 Å². The fourth-order valence-electron chi connectivity index (χ4n) is 2.17. The van der Waals surface area contributed by atoms with E-state index in [0.29, 0.717) is 11.7 Å². The van der Waals surface area contributed by atoms with Crippen LogP contribution in [-0.2, 0) is 6.42 Å². The Hall–Kier alpha value is -2.10. The van der Waals surface area contributed by atoms with E-state index < -0.39 is 0 Å². The van der Waals surface area contributed by atoms with Crippen LogP contribution in [0.1, 0.15) is 37.2 Å². The lowest BCUT2D eigenvalue weighted by Crippen LogP contribution is -2.06. The number of ether oxygens (including phenoxy) is 1. The molecule has 0 aliphatic carbocycles. The Morgan fingerprint density at radius 2 is 1.76 bits per heavy atom. The third-order valence-corrected chi connectivity index (χ3v) is 3.23. The highest BCUT2D eigenvalue weighted by atomic mass is 16.5. The summed E-state index contributed by atoms with van der Waals surface area (Å²) in [6.45, 7) is 8.89. The van der Waals surface area contributed by atoms with Crippen LogP contribution in [0.15, 0.2) is 24.3 Å². The number of nitrogens with one attached hydrogen (secondary N) is 1. The van der Waals surface area contributed by atoms with Crippen molar-refractivity contribution in [2.45, 2.75) is 40.5 Å². The standard InChI is InChI=1S/C17H23N3O/c1-5-7-14-8-10-15(11-9-14)21-17-12(3)16(18-6-2)19-13(4)20-17/h8-11H,5-7H2,1-4H3,(H,18,19,20). The van der Waals surface area contributed by atoms with Gasteiger partial charge in [-0.05, 0) is 44.9 Å². The van der Waals surface area contributed by atoms with Crippen LogP contribution < -0.4 is 10.1 Å². The first kappa shape index (κ1) is 15.3. The largest absolute Gasteiger partial charge is 0.439 e. The highest BCUT2D eigenvalue weighted by Gasteiger charge is 2.10. The van der Waals surface area contributed by atoms with E-state index in [-0.39, 0.29) is 0 Å².